The number of halogens is 1. The second kappa shape index (κ2) is 9.76. The monoisotopic (exact) mass is 416 g/mol. The van der Waals surface area contributed by atoms with E-state index in [2.05, 4.69) is 10.6 Å². The average molecular weight is 417 g/mol. The van der Waals surface area contributed by atoms with Gasteiger partial charge in [-0.25, -0.2) is 0 Å². The number of ether oxygens (including phenoxy) is 1. The van der Waals surface area contributed by atoms with Crippen molar-refractivity contribution in [1.29, 1.82) is 0 Å². The maximum Gasteiger partial charge on any atom is 0.282 e. The Bertz CT molecular complexity index is 852. The minimum Gasteiger partial charge on any atom is -0.495 e. The zero-order valence-electron chi connectivity index (χ0n) is 16.7. The fraction of sp³-hybridized carbons (Fsp3) is 0.364. The summed E-state index contributed by atoms with van der Waals surface area (Å²) in [7, 11) is 1.55. The van der Waals surface area contributed by atoms with Gasteiger partial charge < -0.3 is 20.3 Å². The van der Waals surface area contributed by atoms with Crippen LogP contribution >= 0.6 is 11.6 Å². The summed E-state index contributed by atoms with van der Waals surface area (Å²) in [6.45, 7) is 3.45. The van der Waals surface area contributed by atoms with E-state index in [0.29, 0.717) is 16.5 Å². The molecule has 1 aliphatic heterocycles. The minimum absolute atomic E-state index is 0.0257. The third kappa shape index (κ3) is 5.49. The van der Waals surface area contributed by atoms with E-state index in [0.717, 1.165) is 31.6 Å². The van der Waals surface area contributed by atoms with E-state index in [4.69, 9.17) is 16.3 Å². The highest BCUT2D eigenvalue weighted by molar-refractivity contribution is 6.31. The first-order valence-electron chi connectivity index (χ1n) is 9.83. The predicted octanol–water partition coefficient (Wildman–Crippen LogP) is 2.61. The summed E-state index contributed by atoms with van der Waals surface area (Å²) in [6, 6.07) is 14.4. The van der Waals surface area contributed by atoms with Gasteiger partial charge in [-0.3, -0.25) is 9.59 Å². The molecule has 0 aromatic heterocycles. The van der Waals surface area contributed by atoms with Crippen LogP contribution in [0.5, 0.6) is 5.75 Å². The summed E-state index contributed by atoms with van der Waals surface area (Å²) < 4.78 is 5.29. The van der Waals surface area contributed by atoms with Crippen LogP contribution in [0.3, 0.4) is 0 Å². The Balaban J connectivity index is 1.53. The third-order valence-corrected chi connectivity index (χ3v) is 5.70. The number of anilines is 2. The van der Waals surface area contributed by atoms with Crippen molar-refractivity contribution >= 4 is 34.8 Å². The Morgan fingerprint density at radius 3 is 2.45 bits per heavy atom. The molecule has 0 bridgehead atoms. The highest BCUT2D eigenvalue weighted by Crippen LogP contribution is 2.27. The lowest BCUT2D eigenvalue weighted by atomic mass is 9.94. The molecule has 1 heterocycles. The lowest BCUT2D eigenvalue weighted by Crippen LogP contribution is -3.17. The molecule has 6 nitrogen and oxygen atoms in total. The van der Waals surface area contributed by atoms with Gasteiger partial charge in [0.1, 0.15) is 5.75 Å². The number of piperidine rings is 1. The number of nitrogens with one attached hydrogen (secondary N) is 3. The molecule has 7 heteroatoms. The van der Waals surface area contributed by atoms with Crippen molar-refractivity contribution in [3.8, 4) is 5.75 Å². The molecule has 0 unspecified atom stereocenters. The molecular formula is C22H27ClN3O3+. The lowest BCUT2D eigenvalue weighted by Gasteiger charge is -2.32. The van der Waals surface area contributed by atoms with E-state index < -0.39 is 0 Å². The molecule has 1 fully saturated rings. The summed E-state index contributed by atoms with van der Waals surface area (Å²) >= 11 is 6.04. The standard InChI is InChI=1S/C22H26ClN3O3/c1-15(21(27)25-19-14-17(23)8-9-20(19)29-2)26-12-10-16(11-13-26)22(28)24-18-6-4-3-5-7-18/h3-9,14-16H,10-13H2,1-2H3,(H,24,28)(H,25,27)/p+1/t15-/m0/s1. The van der Waals surface area contributed by atoms with Gasteiger partial charge in [0.25, 0.3) is 5.91 Å². The fourth-order valence-corrected chi connectivity index (χ4v) is 3.83. The van der Waals surface area contributed by atoms with E-state index in [1.165, 1.54) is 4.90 Å². The molecule has 2 aromatic rings. The molecule has 1 atom stereocenters. The Morgan fingerprint density at radius 1 is 1.10 bits per heavy atom. The van der Waals surface area contributed by atoms with Gasteiger partial charge in [0.05, 0.1) is 25.9 Å². The smallest absolute Gasteiger partial charge is 0.282 e. The van der Waals surface area contributed by atoms with Crippen LogP contribution in [0.2, 0.25) is 5.02 Å². The van der Waals surface area contributed by atoms with Crippen molar-refractivity contribution in [2.75, 3.05) is 30.8 Å². The number of para-hydroxylation sites is 1. The summed E-state index contributed by atoms with van der Waals surface area (Å²) in [4.78, 5) is 26.4. The number of hydrogen-bond acceptors (Lipinski definition) is 3. The number of quaternary nitrogens is 1. The first-order chi connectivity index (χ1) is 14.0. The predicted molar refractivity (Wildman–Crippen MR) is 115 cm³/mol. The average Bonchev–Trinajstić information content (AvgIpc) is 2.74. The number of methoxy groups -OCH3 is 1. The second-order valence-electron chi connectivity index (χ2n) is 7.34. The van der Waals surface area contributed by atoms with Crippen LogP contribution in [-0.4, -0.2) is 38.1 Å². The minimum atomic E-state index is -0.239. The van der Waals surface area contributed by atoms with E-state index >= 15 is 0 Å². The zero-order chi connectivity index (χ0) is 20.8. The maximum absolute atomic E-state index is 12.7. The van der Waals surface area contributed by atoms with Gasteiger partial charge in [-0.2, -0.15) is 0 Å². The van der Waals surface area contributed by atoms with E-state index in [1.54, 1.807) is 25.3 Å². The highest BCUT2D eigenvalue weighted by Gasteiger charge is 2.33. The van der Waals surface area contributed by atoms with Crippen molar-refractivity contribution in [2.45, 2.75) is 25.8 Å². The van der Waals surface area contributed by atoms with Crippen LogP contribution in [0.4, 0.5) is 11.4 Å². The van der Waals surface area contributed by atoms with Crippen LogP contribution in [0.15, 0.2) is 48.5 Å². The van der Waals surface area contributed by atoms with Crippen molar-refractivity contribution in [1.82, 2.24) is 0 Å². The molecule has 2 aromatic carbocycles. The summed E-state index contributed by atoms with van der Waals surface area (Å²) in [5.74, 6) is 0.507. The van der Waals surface area contributed by atoms with E-state index in [9.17, 15) is 9.59 Å². The van der Waals surface area contributed by atoms with Crippen LogP contribution in [-0.2, 0) is 9.59 Å². The first-order valence-corrected chi connectivity index (χ1v) is 10.2. The van der Waals surface area contributed by atoms with Crippen molar-refractivity contribution < 1.29 is 19.2 Å². The molecule has 3 rings (SSSR count). The SMILES string of the molecule is COc1ccc(Cl)cc1NC(=O)[C@H](C)[NH+]1CCC(C(=O)Nc2ccccc2)CC1. The normalized spacial score (nSPS) is 19.8. The molecule has 0 saturated carbocycles. The Kier molecular flexibility index (Phi) is 7.12. The summed E-state index contributed by atoms with van der Waals surface area (Å²) in [5, 5.41) is 6.43. The second-order valence-corrected chi connectivity index (χ2v) is 7.78. The molecule has 0 radical (unpaired) electrons. The molecule has 154 valence electrons. The van der Waals surface area contributed by atoms with Gasteiger partial charge in [-0.15, -0.1) is 0 Å². The molecule has 29 heavy (non-hydrogen) atoms. The van der Waals surface area contributed by atoms with Crippen molar-refractivity contribution in [2.24, 2.45) is 5.92 Å². The molecule has 0 spiro atoms. The van der Waals surface area contributed by atoms with Gasteiger partial charge >= 0.3 is 0 Å². The number of rotatable bonds is 6. The third-order valence-electron chi connectivity index (χ3n) is 5.46. The first kappa shape index (κ1) is 21.1. The van der Waals surface area contributed by atoms with Crippen LogP contribution in [0.1, 0.15) is 19.8 Å². The number of likely N-dealkylation sites (tertiary alicyclic amines) is 1. The van der Waals surface area contributed by atoms with E-state index in [-0.39, 0.29) is 23.8 Å². The number of amides is 2. The molecule has 0 aliphatic carbocycles. The topological polar surface area (TPSA) is 71.9 Å². The largest absolute Gasteiger partial charge is 0.495 e. The molecular weight excluding hydrogens is 390 g/mol. The molecule has 1 saturated heterocycles. The summed E-state index contributed by atoms with van der Waals surface area (Å²) in [5.41, 5.74) is 1.38. The van der Waals surface area contributed by atoms with Gasteiger partial charge in [0, 0.05) is 29.5 Å². The lowest BCUT2D eigenvalue weighted by molar-refractivity contribution is -0.919. The van der Waals surface area contributed by atoms with Crippen LogP contribution < -0.4 is 20.3 Å². The molecule has 1 aliphatic rings. The number of hydrogen-bond donors (Lipinski definition) is 3. The quantitative estimate of drug-likeness (QED) is 0.677. The molecule has 3 N–H and O–H groups in total. The van der Waals surface area contributed by atoms with Crippen molar-refractivity contribution in [3.05, 3.63) is 53.6 Å². The fourth-order valence-electron chi connectivity index (χ4n) is 3.65. The highest BCUT2D eigenvalue weighted by atomic mass is 35.5. The van der Waals surface area contributed by atoms with Crippen LogP contribution in [0.25, 0.3) is 0 Å². The van der Waals surface area contributed by atoms with E-state index in [1.807, 2.05) is 37.3 Å². The van der Waals surface area contributed by atoms with Gasteiger partial charge in [-0.05, 0) is 37.3 Å². The van der Waals surface area contributed by atoms with Crippen LogP contribution in [0, 0.1) is 5.92 Å². The Labute approximate surface area is 176 Å². The Hall–Kier alpha value is -2.57. The van der Waals surface area contributed by atoms with Gasteiger partial charge in [0.15, 0.2) is 6.04 Å². The molecule has 2 amide bonds. The van der Waals surface area contributed by atoms with Gasteiger partial charge in [0.2, 0.25) is 5.91 Å². The zero-order valence-corrected chi connectivity index (χ0v) is 17.5. The number of benzene rings is 2. The maximum atomic E-state index is 12.7. The van der Waals surface area contributed by atoms with Crippen molar-refractivity contribution in [3.63, 3.8) is 0 Å². The Morgan fingerprint density at radius 2 is 1.79 bits per heavy atom. The summed E-state index contributed by atoms with van der Waals surface area (Å²) in [6.07, 6.45) is 1.51. The number of carbonyl (C=O) groups is 2. The van der Waals surface area contributed by atoms with Gasteiger partial charge in [-0.1, -0.05) is 29.8 Å². The number of carbonyl (C=O) groups excluding carboxylic acids is 2.